The van der Waals surface area contributed by atoms with Crippen LogP contribution in [0.1, 0.15) is 40.5 Å². The van der Waals surface area contributed by atoms with Crippen molar-refractivity contribution in [1.82, 2.24) is 0 Å². The van der Waals surface area contributed by atoms with Gasteiger partial charge in [0.2, 0.25) is 0 Å². The standard InChI is InChI=1S/C11H25NOSi/c1-10(2,3)14(5,6)13-11(4)7-9(12)8-11/h9H,7-8,12H2,1-6H3. The fraction of sp³-hybridized carbons (Fsp3) is 1.00. The van der Waals surface area contributed by atoms with Crippen LogP contribution in [0.25, 0.3) is 0 Å². The average Bonchev–Trinajstić information content (AvgIpc) is 1.78. The van der Waals surface area contributed by atoms with Gasteiger partial charge in [-0.15, -0.1) is 0 Å². The summed E-state index contributed by atoms with van der Waals surface area (Å²) >= 11 is 0. The van der Waals surface area contributed by atoms with Crippen LogP contribution in [0.4, 0.5) is 0 Å². The van der Waals surface area contributed by atoms with Gasteiger partial charge >= 0.3 is 0 Å². The van der Waals surface area contributed by atoms with Gasteiger partial charge in [0.15, 0.2) is 8.32 Å². The predicted molar refractivity (Wildman–Crippen MR) is 63.9 cm³/mol. The molecule has 0 unspecified atom stereocenters. The van der Waals surface area contributed by atoms with Crippen LogP contribution >= 0.6 is 0 Å². The molecule has 1 fully saturated rings. The molecule has 3 heteroatoms. The Labute approximate surface area is 89.3 Å². The zero-order valence-corrected chi connectivity index (χ0v) is 11.5. The molecular weight excluding hydrogens is 190 g/mol. The van der Waals surface area contributed by atoms with Crippen molar-refractivity contribution >= 4 is 8.32 Å². The summed E-state index contributed by atoms with van der Waals surface area (Å²) in [5.74, 6) is 0. The minimum atomic E-state index is -1.60. The third-order valence-corrected chi connectivity index (χ3v) is 8.31. The molecule has 0 atom stereocenters. The van der Waals surface area contributed by atoms with Crippen molar-refractivity contribution in [2.24, 2.45) is 5.73 Å². The Bertz CT molecular complexity index is 214. The molecule has 0 amide bonds. The largest absolute Gasteiger partial charge is 0.412 e. The summed E-state index contributed by atoms with van der Waals surface area (Å²) in [5.41, 5.74) is 5.89. The molecule has 0 aromatic rings. The predicted octanol–water partition coefficient (Wildman–Crippen LogP) is 2.89. The molecule has 0 radical (unpaired) electrons. The second kappa shape index (κ2) is 3.32. The van der Waals surface area contributed by atoms with Crippen molar-refractivity contribution in [1.29, 1.82) is 0 Å². The zero-order chi connectivity index (χ0) is 11.2. The van der Waals surface area contributed by atoms with Gasteiger partial charge in [-0.25, -0.2) is 0 Å². The van der Waals surface area contributed by atoms with E-state index < -0.39 is 8.32 Å². The fourth-order valence-electron chi connectivity index (χ4n) is 1.90. The van der Waals surface area contributed by atoms with Crippen molar-refractivity contribution in [3.63, 3.8) is 0 Å². The maximum Gasteiger partial charge on any atom is 0.192 e. The molecule has 0 spiro atoms. The van der Waals surface area contributed by atoms with E-state index in [4.69, 9.17) is 10.2 Å². The molecule has 0 bridgehead atoms. The summed E-state index contributed by atoms with van der Waals surface area (Å²) in [4.78, 5) is 0. The highest BCUT2D eigenvalue weighted by Gasteiger charge is 2.47. The van der Waals surface area contributed by atoms with Gasteiger partial charge in [0.1, 0.15) is 0 Å². The van der Waals surface area contributed by atoms with Crippen LogP contribution < -0.4 is 5.73 Å². The van der Waals surface area contributed by atoms with Gasteiger partial charge < -0.3 is 10.2 Å². The Hall–Kier alpha value is 0.137. The molecule has 1 aliphatic carbocycles. The molecule has 2 nitrogen and oxygen atoms in total. The van der Waals surface area contributed by atoms with E-state index in [0.29, 0.717) is 11.1 Å². The van der Waals surface area contributed by atoms with E-state index >= 15 is 0 Å². The molecule has 0 saturated heterocycles. The highest BCUT2D eigenvalue weighted by atomic mass is 28.4. The Balaban J connectivity index is 2.60. The van der Waals surface area contributed by atoms with E-state index in [1.54, 1.807) is 0 Å². The fourth-order valence-corrected chi connectivity index (χ4v) is 3.61. The maximum atomic E-state index is 6.36. The molecule has 1 aliphatic rings. The quantitative estimate of drug-likeness (QED) is 0.719. The van der Waals surface area contributed by atoms with Crippen molar-refractivity contribution < 1.29 is 4.43 Å². The second-order valence-electron chi connectivity index (χ2n) is 6.48. The lowest BCUT2D eigenvalue weighted by Crippen LogP contribution is -2.57. The number of hydrogen-bond donors (Lipinski definition) is 1. The molecular formula is C11H25NOSi. The van der Waals surface area contributed by atoms with Crippen molar-refractivity contribution in [3.05, 3.63) is 0 Å². The Morgan fingerprint density at radius 3 is 2.00 bits per heavy atom. The Morgan fingerprint density at radius 1 is 1.29 bits per heavy atom. The topological polar surface area (TPSA) is 35.2 Å². The van der Waals surface area contributed by atoms with Crippen LogP contribution in [0.2, 0.25) is 18.1 Å². The van der Waals surface area contributed by atoms with Crippen LogP contribution in [0, 0.1) is 0 Å². The first-order valence-electron chi connectivity index (χ1n) is 5.52. The summed E-state index contributed by atoms with van der Waals surface area (Å²) in [6, 6.07) is 0.366. The minimum Gasteiger partial charge on any atom is -0.412 e. The first-order chi connectivity index (χ1) is 6.06. The third kappa shape index (κ3) is 2.38. The molecule has 0 aromatic carbocycles. The van der Waals surface area contributed by atoms with E-state index in [-0.39, 0.29) is 5.60 Å². The van der Waals surface area contributed by atoms with Crippen LogP contribution in [-0.2, 0) is 4.43 Å². The van der Waals surface area contributed by atoms with Gasteiger partial charge in [0.25, 0.3) is 0 Å². The normalized spacial score (nSPS) is 34.1. The van der Waals surface area contributed by atoms with Gasteiger partial charge in [-0.2, -0.15) is 0 Å². The summed E-state index contributed by atoms with van der Waals surface area (Å²) in [6.07, 6.45) is 2.05. The van der Waals surface area contributed by atoms with Crippen molar-refractivity contribution in [3.8, 4) is 0 Å². The average molecular weight is 215 g/mol. The minimum absolute atomic E-state index is 0.0718. The van der Waals surface area contributed by atoms with Gasteiger partial charge in [-0.3, -0.25) is 0 Å². The molecule has 1 saturated carbocycles. The SMILES string of the molecule is CC1(O[Si](C)(C)C(C)(C)C)CC(N)C1. The molecule has 0 aromatic heterocycles. The van der Waals surface area contributed by atoms with E-state index in [9.17, 15) is 0 Å². The Kier molecular flexibility index (Phi) is 2.90. The monoisotopic (exact) mass is 215 g/mol. The molecule has 0 heterocycles. The maximum absolute atomic E-state index is 6.36. The van der Waals surface area contributed by atoms with Gasteiger partial charge in [0.05, 0.1) is 5.60 Å². The van der Waals surface area contributed by atoms with Crippen LogP contribution in [0.5, 0.6) is 0 Å². The first kappa shape index (κ1) is 12.2. The lowest BCUT2D eigenvalue weighted by molar-refractivity contribution is -0.0162. The van der Waals surface area contributed by atoms with Gasteiger partial charge in [-0.05, 0) is 37.9 Å². The van der Waals surface area contributed by atoms with E-state index in [0.717, 1.165) is 12.8 Å². The highest BCUT2D eigenvalue weighted by Crippen LogP contribution is 2.44. The van der Waals surface area contributed by atoms with Crippen LogP contribution in [-0.4, -0.2) is 20.0 Å². The van der Waals surface area contributed by atoms with E-state index in [1.165, 1.54) is 0 Å². The lowest BCUT2D eigenvalue weighted by Gasteiger charge is -2.51. The summed E-state index contributed by atoms with van der Waals surface area (Å²) in [5, 5.41) is 0.301. The second-order valence-corrected chi connectivity index (χ2v) is 11.2. The summed E-state index contributed by atoms with van der Waals surface area (Å²) < 4.78 is 6.36. The number of hydrogen-bond acceptors (Lipinski definition) is 2. The van der Waals surface area contributed by atoms with Crippen molar-refractivity contribution in [2.45, 2.75) is 70.3 Å². The summed E-state index contributed by atoms with van der Waals surface area (Å²) in [7, 11) is -1.60. The van der Waals surface area contributed by atoms with E-state index in [1.807, 2.05) is 0 Å². The number of nitrogens with two attached hydrogens (primary N) is 1. The smallest absolute Gasteiger partial charge is 0.192 e. The first-order valence-corrected chi connectivity index (χ1v) is 8.42. The lowest BCUT2D eigenvalue weighted by atomic mass is 9.78. The molecule has 14 heavy (non-hydrogen) atoms. The highest BCUT2D eigenvalue weighted by molar-refractivity contribution is 6.74. The molecule has 0 aliphatic heterocycles. The molecule has 1 rings (SSSR count). The number of rotatable bonds is 2. The Morgan fingerprint density at radius 2 is 1.71 bits per heavy atom. The third-order valence-electron chi connectivity index (χ3n) is 3.70. The zero-order valence-electron chi connectivity index (χ0n) is 10.5. The van der Waals surface area contributed by atoms with Gasteiger partial charge in [-0.1, -0.05) is 20.8 Å². The van der Waals surface area contributed by atoms with Gasteiger partial charge in [0, 0.05) is 6.04 Å². The van der Waals surface area contributed by atoms with Crippen LogP contribution in [0.15, 0.2) is 0 Å². The molecule has 2 N–H and O–H groups in total. The molecule has 84 valence electrons. The summed E-state index contributed by atoms with van der Waals surface area (Å²) in [6.45, 7) is 13.7. The van der Waals surface area contributed by atoms with Crippen molar-refractivity contribution in [2.75, 3.05) is 0 Å². The van der Waals surface area contributed by atoms with E-state index in [2.05, 4.69) is 40.8 Å². The van der Waals surface area contributed by atoms with Crippen LogP contribution in [0.3, 0.4) is 0 Å².